The van der Waals surface area contributed by atoms with Crippen LogP contribution in [-0.2, 0) is 18.6 Å². The Kier molecular flexibility index (Phi) is 7.54. The van der Waals surface area contributed by atoms with Crippen LogP contribution in [0.2, 0.25) is 5.02 Å². The smallest absolute Gasteiger partial charge is 0.253 e. The van der Waals surface area contributed by atoms with Crippen molar-refractivity contribution in [3.63, 3.8) is 0 Å². The molecule has 0 amide bonds. The molecule has 0 aliphatic heterocycles. The third-order valence-corrected chi connectivity index (χ3v) is 6.83. The van der Waals surface area contributed by atoms with E-state index in [1.165, 1.54) is 0 Å². The standard InChI is InChI=1S/C29H31ClN6O3/c1-5-38-21-12-13-25-20(15-21)16-23(28(37)31-25)26(27-32-33-34-36(27)29(2,3)4)35(18-22-10-8-14-39-22)17-19-9-6-7-11-24(19)30/h6-16,26H,5,17-18H2,1-4H3,(H,31,37)/t26-/m0/s1. The fraction of sp³-hybridized carbons (Fsp3) is 0.310. The molecule has 0 fully saturated rings. The molecule has 202 valence electrons. The molecule has 0 spiro atoms. The van der Waals surface area contributed by atoms with Gasteiger partial charge >= 0.3 is 0 Å². The minimum absolute atomic E-state index is 0.233. The number of rotatable bonds is 9. The Morgan fingerprint density at radius 1 is 1.10 bits per heavy atom. The Morgan fingerprint density at radius 2 is 1.92 bits per heavy atom. The molecule has 0 aliphatic carbocycles. The number of nitrogens with zero attached hydrogens (tertiary/aromatic N) is 5. The molecule has 5 aromatic rings. The summed E-state index contributed by atoms with van der Waals surface area (Å²) in [5.41, 5.74) is 1.44. The van der Waals surface area contributed by atoms with Gasteiger partial charge in [-0.15, -0.1) is 5.10 Å². The quantitative estimate of drug-likeness (QED) is 0.253. The monoisotopic (exact) mass is 546 g/mol. The minimum Gasteiger partial charge on any atom is -0.494 e. The molecule has 0 bridgehead atoms. The number of halogens is 1. The fourth-order valence-electron chi connectivity index (χ4n) is 4.69. The lowest BCUT2D eigenvalue weighted by molar-refractivity contribution is 0.171. The molecule has 5 rings (SSSR count). The van der Waals surface area contributed by atoms with Crippen LogP contribution >= 0.6 is 11.6 Å². The van der Waals surface area contributed by atoms with Gasteiger partial charge in [0, 0.05) is 28.0 Å². The molecule has 0 saturated carbocycles. The van der Waals surface area contributed by atoms with E-state index < -0.39 is 11.6 Å². The van der Waals surface area contributed by atoms with Gasteiger partial charge in [0.25, 0.3) is 5.56 Å². The van der Waals surface area contributed by atoms with Crippen molar-refractivity contribution < 1.29 is 9.15 Å². The largest absolute Gasteiger partial charge is 0.494 e. The Hall–Kier alpha value is -3.95. The van der Waals surface area contributed by atoms with Crippen LogP contribution in [0.15, 0.2) is 76.1 Å². The third-order valence-electron chi connectivity index (χ3n) is 6.46. The molecule has 1 atom stereocenters. The van der Waals surface area contributed by atoms with Crippen molar-refractivity contribution in [1.82, 2.24) is 30.1 Å². The summed E-state index contributed by atoms with van der Waals surface area (Å²) in [4.78, 5) is 18.9. The van der Waals surface area contributed by atoms with Gasteiger partial charge in [-0.25, -0.2) is 4.68 Å². The molecule has 0 aliphatic rings. The van der Waals surface area contributed by atoms with Gasteiger partial charge in [0.15, 0.2) is 5.82 Å². The van der Waals surface area contributed by atoms with Gasteiger partial charge < -0.3 is 14.1 Å². The number of aromatic amines is 1. The van der Waals surface area contributed by atoms with Crippen molar-refractivity contribution >= 4 is 22.5 Å². The van der Waals surface area contributed by atoms with Crippen LogP contribution in [0.5, 0.6) is 5.75 Å². The number of pyridine rings is 1. The number of ether oxygens (including phenoxy) is 1. The number of hydrogen-bond acceptors (Lipinski definition) is 7. The van der Waals surface area contributed by atoms with Gasteiger partial charge in [-0.05, 0) is 86.1 Å². The zero-order chi connectivity index (χ0) is 27.6. The molecular formula is C29H31ClN6O3. The number of nitrogens with one attached hydrogen (secondary N) is 1. The number of hydrogen-bond donors (Lipinski definition) is 1. The molecule has 0 unspecified atom stereocenters. The maximum Gasteiger partial charge on any atom is 0.253 e. The first kappa shape index (κ1) is 26.6. The lowest BCUT2D eigenvalue weighted by Gasteiger charge is -2.32. The second-order valence-electron chi connectivity index (χ2n) is 10.3. The number of fused-ring (bicyclic) bond motifs is 1. The first-order valence-corrected chi connectivity index (χ1v) is 13.2. The highest BCUT2D eigenvalue weighted by Gasteiger charge is 2.34. The van der Waals surface area contributed by atoms with Crippen LogP contribution in [0, 0.1) is 0 Å². The highest BCUT2D eigenvalue weighted by atomic mass is 35.5. The normalized spacial score (nSPS) is 12.8. The molecule has 0 saturated heterocycles. The van der Waals surface area contributed by atoms with Gasteiger partial charge in [-0.3, -0.25) is 9.69 Å². The maximum absolute atomic E-state index is 13.7. The highest BCUT2D eigenvalue weighted by molar-refractivity contribution is 6.31. The Labute approximate surface area is 231 Å². The molecule has 0 radical (unpaired) electrons. The molecule has 1 N–H and O–H groups in total. The highest BCUT2D eigenvalue weighted by Crippen LogP contribution is 2.33. The minimum atomic E-state index is -0.635. The van der Waals surface area contributed by atoms with Gasteiger partial charge in [0.1, 0.15) is 17.6 Å². The first-order chi connectivity index (χ1) is 18.7. The number of benzene rings is 2. The van der Waals surface area contributed by atoms with Crippen LogP contribution < -0.4 is 10.3 Å². The van der Waals surface area contributed by atoms with Crippen LogP contribution in [0.1, 0.15) is 56.4 Å². The van der Waals surface area contributed by atoms with E-state index in [0.717, 1.165) is 22.5 Å². The molecule has 3 aromatic heterocycles. The summed E-state index contributed by atoms with van der Waals surface area (Å²) in [5, 5.41) is 14.3. The van der Waals surface area contributed by atoms with E-state index in [9.17, 15) is 4.79 Å². The van der Waals surface area contributed by atoms with Crippen molar-refractivity contribution in [2.24, 2.45) is 0 Å². The SMILES string of the molecule is CCOc1ccc2[nH]c(=O)c([C@@H](c3nnnn3C(C)(C)C)N(Cc3ccco3)Cc3ccccc3Cl)cc2c1. The molecule has 9 nitrogen and oxygen atoms in total. The summed E-state index contributed by atoms with van der Waals surface area (Å²) >= 11 is 6.61. The summed E-state index contributed by atoms with van der Waals surface area (Å²) < 4.78 is 13.2. The van der Waals surface area contributed by atoms with Crippen LogP contribution in [0.4, 0.5) is 0 Å². The zero-order valence-electron chi connectivity index (χ0n) is 22.4. The Morgan fingerprint density at radius 3 is 2.64 bits per heavy atom. The molecule has 3 heterocycles. The van der Waals surface area contributed by atoms with E-state index in [1.54, 1.807) is 10.9 Å². The summed E-state index contributed by atoms with van der Waals surface area (Å²) in [6, 6.07) is 18.3. The molecular weight excluding hydrogens is 516 g/mol. The maximum atomic E-state index is 13.7. The van der Waals surface area contributed by atoms with Gasteiger partial charge in [0.05, 0.1) is 25.0 Å². The van der Waals surface area contributed by atoms with Gasteiger partial charge in [0.2, 0.25) is 0 Å². The number of furan rings is 1. The Bertz CT molecular complexity index is 1620. The average Bonchev–Trinajstić information content (AvgIpc) is 3.59. The average molecular weight is 547 g/mol. The number of aromatic nitrogens is 5. The van der Waals surface area contributed by atoms with Gasteiger partial charge in [-0.2, -0.15) is 0 Å². The van der Waals surface area contributed by atoms with E-state index in [0.29, 0.717) is 41.6 Å². The van der Waals surface area contributed by atoms with E-state index in [2.05, 4.69) is 25.4 Å². The number of tetrazole rings is 1. The molecule has 10 heteroatoms. The van der Waals surface area contributed by atoms with Crippen molar-refractivity contribution in [3.8, 4) is 5.75 Å². The summed E-state index contributed by atoms with van der Waals surface area (Å²) in [7, 11) is 0. The topological polar surface area (TPSA) is 102 Å². The van der Waals surface area contributed by atoms with E-state index >= 15 is 0 Å². The second-order valence-corrected chi connectivity index (χ2v) is 10.7. The summed E-state index contributed by atoms with van der Waals surface area (Å²) in [5.74, 6) is 1.99. The van der Waals surface area contributed by atoms with E-state index in [4.69, 9.17) is 20.8 Å². The molecule has 39 heavy (non-hydrogen) atoms. The van der Waals surface area contributed by atoms with Crippen molar-refractivity contribution in [2.45, 2.75) is 52.4 Å². The van der Waals surface area contributed by atoms with E-state index in [-0.39, 0.29) is 5.56 Å². The van der Waals surface area contributed by atoms with E-state index in [1.807, 2.05) is 88.4 Å². The van der Waals surface area contributed by atoms with Crippen LogP contribution in [0.25, 0.3) is 10.9 Å². The number of H-pyrrole nitrogens is 1. The summed E-state index contributed by atoms with van der Waals surface area (Å²) in [6.07, 6.45) is 1.63. The summed E-state index contributed by atoms with van der Waals surface area (Å²) in [6.45, 7) is 9.34. The zero-order valence-corrected chi connectivity index (χ0v) is 23.1. The third kappa shape index (κ3) is 5.74. The van der Waals surface area contributed by atoms with Crippen LogP contribution in [0.3, 0.4) is 0 Å². The predicted molar refractivity (Wildman–Crippen MR) is 150 cm³/mol. The van der Waals surface area contributed by atoms with Crippen molar-refractivity contribution in [3.05, 3.63) is 105 Å². The van der Waals surface area contributed by atoms with Crippen molar-refractivity contribution in [2.75, 3.05) is 6.61 Å². The second kappa shape index (κ2) is 11.0. The van der Waals surface area contributed by atoms with Gasteiger partial charge in [-0.1, -0.05) is 29.8 Å². The first-order valence-electron chi connectivity index (χ1n) is 12.8. The van der Waals surface area contributed by atoms with Crippen LogP contribution in [-0.4, -0.2) is 36.7 Å². The predicted octanol–water partition coefficient (Wildman–Crippen LogP) is 5.71. The van der Waals surface area contributed by atoms with Crippen molar-refractivity contribution in [1.29, 1.82) is 0 Å². The molecule has 2 aromatic carbocycles. The Balaban J connectivity index is 1.73. The fourth-order valence-corrected chi connectivity index (χ4v) is 4.88. The lowest BCUT2D eigenvalue weighted by Crippen LogP contribution is -2.37. The lowest BCUT2D eigenvalue weighted by atomic mass is 10.0.